The highest BCUT2D eigenvalue weighted by Crippen LogP contribution is 2.27. The van der Waals surface area contributed by atoms with Crippen LogP contribution in [-0.2, 0) is 11.3 Å². The van der Waals surface area contributed by atoms with Crippen molar-refractivity contribution in [2.75, 3.05) is 45.2 Å². The normalized spacial score (nSPS) is 15.5. The molecule has 0 spiro atoms. The van der Waals surface area contributed by atoms with Crippen LogP contribution in [0, 0.1) is 0 Å². The number of benzene rings is 2. The van der Waals surface area contributed by atoms with Crippen molar-refractivity contribution in [1.82, 2.24) is 9.80 Å². The lowest BCUT2D eigenvalue weighted by Gasteiger charge is -2.34. The van der Waals surface area contributed by atoms with Crippen LogP contribution in [0.5, 0.6) is 5.75 Å². The van der Waals surface area contributed by atoms with E-state index in [1.807, 2.05) is 12.1 Å². The number of piperazine rings is 1. The number of carbonyl (C=O) groups is 1. The molecule has 1 aliphatic heterocycles. The summed E-state index contributed by atoms with van der Waals surface area (Å²) in [5.74, 6) is 0.530. The zero-order valence-electron chi connectivity index (χ0n) is 15.3. The van der Waals surface area contributed by atoms with Crippen LogP contribution < -0.4 is 10.1 Å². The number of rotatable bonds is 6. The number of hydrogen-bond donors (Lipinski definition) is 1. The van der Waals surface area contributed by atoms with Crippen molar-refractivity contribution in [2.45, 2.75) is 6.54 Å². The smallest absolute Gasteiger partial charge is 0.238 e. The second-order valence-electron chi connectivity index (χ2n) is 6.57. The maximum Gasteiger partial charge on any atom is 0.238 e. The van der Waals surface area contributed by atoms with Crippen LogP contribution >= 0.6 is 23.2 Å². The van der Waals surface area contributed by atoms with Gasteiger partial charge in [0.25, 0.3) is 0 Å². The fraction of sp³-hybridized carbons (Fsp3) is 0.350. The van der Waals surface area contributed by atoms with E-state index in [-0.39, 0.29) is 5.91 Å². The van der Waals surface area contributed by atoms with E-state index in [1.54, 1.807) is 25.3 Å². The summed E-state index contributed by atoms with van der Waals surface area (Å²) in [7, 11) is 1.57. The molecule has 0 atom stereocenters. The van der Waals surface area contributed by atoms with Crippen molar-refractivity contribution in [3.8, 4) is 5.75 Å². The van der Waals surface area contributed by atoms with E-state index >= 15 is 0 Å². The summed E-state index contributed by atoms with van der Waals surface area (Å²) >= 11 is 11.9. The van der Waals surface area contributed by atoms with Crippen molar-refractivity contribution >= 4 is 34.8 Å². The Labute approximate surface area is 169 Å². The van der Waals surface area contributed by atoms with Gasteiger partial charge in [0.2, 0.25) is 5.91 Å². The van der Waals surface area contributed by atoms with Crippen LogP contribution in [-0.4, -0.2) is 55.5 Å². The Hall–Kier alpha value is -1.79. The second kappa shape index (κ2) is 9.42. The number of anilines is 1. The molecule has 0 aliphatic carbocycles. The van der Waals surface area contributed by atoms with Gasteiger partial charge < -0.3 is 10.1 Å². The van der Waals surface area contributed by atoms with Gasteiger partial charge in [0.1, 0.15) is 5.75 Å². The molecule has 2 aromatic carbocycles. The predicted octanol–water partition coefficient (Wildman–Crippen LogP) is 3.76. The quantitative estimate of drug-likeness (QED) is 0.791. The third-order valence-corrected chi connectivity index (χ3v) is 5.07. The van der Waals surface area contributed by atoms with Gasteiger partial charge in [0.05, 0.1) is 19.3 Å². The highest BCUT2D eigenvalue weighted by atomic mass is 35.5. The molecule has 1 aliphatic rings. The summed E-state index contributed by atoms with van der Waals surface area (Å²) in [6.07, 6.45) is 0. The Bertz CT molecular complexity index is 775. The Kier molecular flexibility index (Phi) is 6.96. The average molecular weight is 408 g/mol. The summed E-state index contributed by atoms with van der Waals surface area (Å²) in [4.78, 5) is 16.9. The highest BCUT2D eigenvalue weighted by molar-refractivity contribution is 6.31. The summed E-state index contributed by atoms with van der Waals surface area (Å²) in [5.41, 5.74) is 1.84. The fourth-order valence-electron chi connectivity index (χ4n) is 3.12. The topological polar surface area (TPSA) is 44.8 Å². The van der Waals surface area contributed by atoms with Crippen LogP contribution in [0.25, 0.3) is 0 Å². The largest absolute Gasteiger partial charge is 0.495 e. The number of hydrogen-bond acceptors (Lipinski definition) is 4. The van der Waals surface area contributed by atoms with Gasteiger partial charge in [0, 0.05) is 42.8 Å². The molecule has 144 valence electrons. The van der Waals surface area contributed by atoms with Gasteiger partial charge in [-0.2, -0.15) is 0 Å². The summed E-state index contributed by atoms with van der Waals surface area (Å²) in [6, 6.07) is 13.1. The number of nitrogens with one attached hydrogen (secondary N) is 1. The van der Waals surface area contributed by atoms with E-state index < -0.39 is 0 Å². The Morgan fingerprint density at radius 1 is 1.00 bits per heavy atom. The summed E-state index contributed by atoms with van der Waals surface area (Å²) in [5, 5.41) is 4.20. The SMILES string of the molecule is COc1ccc(Cl)cc1NC(=O)CN1CCN(Cc2ccc(Cl)cc2)CC1. The minimum Gasteiger partial charge on any atom is -0.495 e. The van der Waals surface area contributed by atoms with E-state index in [1.165, 1.54) is 5.56 Å². The van der Waals surface area contributed by atoms with Crippen molar-refractivity contribution in [1.29, 1.82) is 0 Å². The van der Waals surface area contributed by atoms with E-state index in [0.29, 0.717) is 23.0 Å². The highest BCUT2D eigenvalue weighted by Gasteiger charge is 2.19. The van der Waals surface area contributed by atoms with Crippen LogP contribution in [0.4, 0.5) is 5.69 Å². The second-order valence-corrected chi connectivity index (χ2v) is 7.44. The van der Waals surface area contributed by atoms with E-state index in [2.05, 4.69) is 27.2 Å². The molecule has 5 nitrogen and oxygen atoms in total. The molecule has 1 amide bonds. The number of carbonyl (C=O) groups excluding carboxylic acids is 1. The van der Waals surface area contributed by atoms with Crippen LogP contribution in [0.1, 0.15) is 5.56 Å². The van der Waals surface area contributed by atoms with Crippen LogP contribution in [0.3, 0.4) is 0 Å². The monoisotopic (exact) mass is 407 g/mol. The van der Waals surface area contributed by atoms with Crippen molar-refractivity contribution in [3.63, 3.8) is 0 Å². The van der Waals surface area contributed by atoms with Gasteiger partial charge >= 0.3 is 0 Å². The van der Waals surface area contributed by atoms with E-state index in [4.69, 9.17) is 27.9 Å². The lowest BCUT2D eigenvalue weighted by Crippen LogP contribution is -2.48. The van der Waals surface area contributed by atoms with Gasteiger partial charge in [-0.1, -0.05) is 35.3 Å². The van der Waals surface area contributed by atoms with Crippen LogP contribution in [0.15, 0.2) is 42.5 Å². The molecule has 1 N–H and O–H groups in total. The summed E-state index contributed by atoms with van der Waals surface area (Å²) < 4.78 is 5.27. The number of amides is 1. The molecule has 0 saturated carbocycles. The maximum atomic E-state index is 12.4. The van der Waals surface area contributed by atoms with Crippen molar-refractivity contribution in [3.05, 3.63) is 58.1 Å². The Morgan fingerprint density at radius 2 is 1.63 bits per heavy atom. The molecule has 1 heterocycles. The molecule has 7 heteroatoms. The zero-order valence-corrected chi connectivity index (χ0v) is 16.8. The van der Waals surface area contributed by atoms with E-state index in [0.717, 1.165) is 37.7 Å². The first-order valence-corrected chi connectivity index (χ1v) is 9.61. The molecule has 0 unspecified atom stereocenters. The first-order valence-electron chi connectivity index (χ1n) is 8.86. The number of ether oxygens (including phenoxy) is 1. The molecule has 0 radical (unpaired) electrons. The first-order chi connectivity index (χ1) is 13.0. The van der Waals surface area contributed by atoms with Gasteiger partial charge in [-0.25, -0.2) is 0 Å². The van der Waals surface area contributed by atoms with Gasteiger partial charge in [0.15, 0.2) is 0 Å². The third kappa shape index (κ3) is 5.84. The van der Waals surface area contributed by atoms with Crippen molar-refractivity contribution < 1.29 is 9.53 Å². The molecular weight excluding hydrogens is 385 g/mol. The van der Waals surface area contributed by atoms with Gasteiger partial charge in [-0.05, 0) is 35.9 Å². The molecule has 3 rings (SSSR count). The first kappa shape index (κ1) is 20.0. The van der Waals surface area contributed by atoms with Gasteiger partial charge in [-0.3, -0.25) is 14.6 Å². The molecular formula is C20H23Cl2N3O2. The van der Waals surface area contributed by atoms with Gasteiger partial charge in [-0.15, -0.1) is 0 Å². The Morgan fingerprint density at radius 3 is 2.30 bits per heavy atom. The average Bonchev–Trinajstić information content (AvgIpc) is 2.65. The zero-order chi connectivity index (χ0) is 19.2. The molecule has 1 saturated heterocycles. The molecule has 27 heavy (non-hydrogen) atoms. The van der Waals surface area contributed by atoms with E-state index in [9.17, 15) is 4.79 Å². The standard InChI is InChI=1S/C20H23Cl2N3O2/c1-27-19-7-6-17(22)12-18(19)23-20(26)14-25-10-8-24(9-11-25)13-15-2-4-16(21)5-3-15/h2-7,12H,8-11,13-14H2,1H3,(H,23,26). The van der Waals surface area contributed by atoms with Crippen molar-refractivity contribution in [2.24, 2.45) is 0 Å². The molecule has 0 bridgehead atoms. The lowest BCUT2D eigenvalue weighted by molar-refractivity contribution is -0.117. The number of methoxy groups -OCH3 is 1. The third-order valence-electron chi connectivity index (χ3n) is 4.59. The number of nitrogens with zero attached hydrogens (tertiary/aromatic N) is 2. The number of halogens is 2. The molecule has 1 fully saturated rings. The van der Waals surface area contributed by atoms with Crippen LogP contribution in [0.2, 0.25) is 10.0 Å². The minimum absolute atomic E-state index is 0.0679. The fourth-order valence-corrected chi connectivity index (χ4v) is 3.42. The predicted molar refractivity (Wildman–Crippen MR) is 110 cm³/mol. The lowest BCUT2D eigenvalue weighted by atomic mass is 10.2. The minimum atomic E-state index is -0.0679. The summed E-state index contributed by atoms with van der Waals surface area (Å²) in [6.45, 7) is 4.82. The molecule has 0 aromatic heterocycles. The Balaban J connectivity index is 1.47. The molecule has 2 aromatic rings. The maximum absolute atomic E-state index is 12.4.